The van der Waals surface area contributed by atoms with E-state index in [2.05, 4.69) is 19.3 Å². The number of nitrogens with two attached hydrogens (primary N) is 1. The van der Waals surface area contributed by atoms with Crippen molar-refractivity contribution in [3.8, 4) is 0 Å². The minimum absolute atomic E-state index is 0.212. The van der Waals surface area contributed by atoms with Crippen molar-refractivity contribution in [2.45, 2.75) is 76.9 Å². The monoisotopic (exact) mass is 254 g/mol. The van der Waals surface area contributed by atoms with Crippen LogP contribution in [0, 0.1) is 11.8 Å². The third kappa shape index (κ3) is 2.89. The fourth-order valence-electron chi connectivity index (χ4n) is 4.19. The van der Waals surface area contributed by atoms with E-state index in [9.17, 15) is 0 Å². The fourth-order valence-corrected chi connectivity index (χ4v) is 4.19. The maximum Gasteiger partial charge on any atom is 0.0685 e. The van der Waals surface area contributed by atoms with Crippen LogP contribution in [0.5, 0.6) is 0 Å². The summed E-state index contributed by atoms with van der Waals surface area (Å²) in [7, 11) is 0. The van der Waals surface area contributed by atoms with Gasteiger partial charge in [-0.05, 0) is 37.5 Å². The van der Waals surface area contributed by atoms with Crippen molar-refractivity contribution >= 4 is 0 Å². The molecule has 2 rings (SSSR count). The highest BCUT2D eigenvalue weighted by Crippen LogP contribution is 2.43. The molecule has 2 atom stereocenters. The lowest BCUT2D eigenvalue weighted by Crippen LogP contribution is -2.51. The fraction of sp³-hybridized carbons (Fsp3) is 1.00. The van der Waals surface area contributed by atoms with E-state index in [1.54, 1.807) is 0 Å². The number of rotatable bonds is 5. The average Bonchev–Trinajstić information content (AvgIpc) is 2.83. The molecule has 0 aromatic rings. The molecule has 2 fully saturated rings. The van der Waals surface area contributed by atoms with Crippen molar-refractivity contribution < 1.29 is 4.74 Å². The van der Waals surface area contributed by atoms with Gasteiger partial charge in [0.25, 0.3) is 0 Å². The molecule has 0 aromatic heterocycles. The van der Waals surface area contributed by atoms with Crippen LogP contribution in [0.15, 0.2) is 0 Å². The number of hydrazine groups is 1. The Morgan fingerprint density at radius 2 is 1.94 bits per heavy atom. The normalized spacial score (nSPS) is 29.0. The smallest absolute Gasteiger partial charge is 0.0685 e. The van der Waals surface area contributed by atoms with E-state index in [0.717, 1.165) is 6.61 Å². The van der Waals surface area contributed by atoms with Crippen LogP contribution >= 0.6 is 0 Å². The molecule has 106 valence electrons. The molecule has 1 heterocycles. The highest BCUT2D eigenvalue weighted by Gasteiger charge is 2.42. The van der Waals surface area contributed by atoms with Crippen LogP contribution < -0.4 is 11.3 Å². The summed E-state index contributed by atoms with van der Waals surface area (Å²) in [5.41, 5.74) is 3.34. The van der Waals surface area contributed by atoms with E-state index in [-0.39, 0.29) is 5.60 Å². The predicted molar refractivity (Wildman–Crippen MR) is 75.1 cm³/mol. The van der Waals surface area contributed by atoms with Crippen molar-refractivity contribution in [2.24, 2.45) is 17.7 Å². The largest absolute Gasteiger partial charge is 0.375 e. The zero-order valence-electron chi connectivity index (χ0n) is 12.1. The predicted octanol–water partition coefficient (Wildman–Crippen LogP) is 2.99. The summed E-state index contributed by atoms with van der Waals surface area (Å²) < 4.78 is 6.13. The Labute approximate surface area is 112 Å². The standard InChI is InChI=1S/C15H30N2O/c1-3-12(4-2)14(17-16)13-7-10-18-15(11-13)8-5-6-9-15/h12-14,17H,3-11,16H2,1-2H3. The molecular formula is C15H30N2O. The maximum atomic E-state index is 6.13. The maximum absolute atomic E-state index is 6.13. The summed E-state index contributed by atoms with van der Waals surface area (Å²) in [6, 6.07) is 0.473. The first kappa shape index (κ1) is 14.3. The van der Waals surface area contributed by atoms with Gasteiger partial charge in [0.15, 0.2) is 0 Å². The Bertz CT molecular complexity index is 247. The molecule has 2 aliphatic rings. The molecule has 1 aliphatic heterocycles. The molecule has 1 saturated heterocycles. The lowest BCUT2D eigenvalue weighted by Gasteiger charge is -2.43. The van der Waals surface area contributed by atoms with Crippen molar-refractivity contribution in [1.29, 1.82) is 0 Å². The van der Waals surface area contributed by atoms with Crippen LogP contribution in [0.25, 0.3) is 0 Å². The van der Waals surface area contributed by atoms with Crippen LogP contribution in [0.4, 0.5) is 0 Å². The van der Waals surface area contributed by atoms with Gasteiger partial charge in [-0.25, -0.2) is 0 Å². The molecule has 1 aliphatic carbocycles. The second-order valence-electron chi connectivity index (χ2n) is 6.26. The van der Waals surface area contributed by atoms with Crippen LogP contribution in [0.1, 0.15) is 65.2 Å². The van der Waals surface area contributed by atoms with Gasteiger partial charge in [-0.2, -0.15) is 0 Å². The van der Waals surface area contributed by atoms with Gasteiger partial charge in [-0.3, -0.25) is 11.3 Å². The molecule has 0 radical (unpaired) electrons. The Morgan fingerprint density at radius 1 is 1.28 bits per heavy atom. The quantitative estimate of drug-likeness (QED) is 0.585. The summed E-state index contributed by atoms with van der Waals surface area (Å²) in [5, 5.41) is 0. The Morgan fingerprint density at radius 3 is 2.50 bits per heavy atom. The van der Waals surface area contributed by atoms with Crippen molar-refractivity contribution in [3.05, 3.63) is 0 Å². The van der Waals surface area contributed by atoms with Gasteiger partial charge in [0.2, 0.25) is 0 Å². The van der Waals surface area contributed by atoms with Gasteiger partial charge in [-0.1, -0.05) is 39.5 Å². The van der Waals surface area contributed by atoms with Gasteiger partial charge < -0.3 is 4.74 Å². The summed E-state index contributed by atoms with van der Waals surface area (Å²) in [6.07, 6.45) is 10.1. The van der Waals surface area contributed by atoms with Gasteiger partial charge >= 0.3 is 0 Å². The zero-order chi connectivity index (χ0) is 13.0. The van der Waals surface area contributed by atoms with Gasteiger partial charge in [0.05, 0.1) is 5.60 Å². The van der Waals surface area contributed by atoms with E-state index >= 15 is 0 Å². The average molecular weight is 254 g/mol. The molecule has 1 spiro atoms. The van der Waals surface area contributed by atoms with Crippen molar-refractivity contribution in [3.63, 3.8) is 0 Å². The highest BCUT2D eigenvalue weighted by molar-refractivity contribution is 4.95. The summed E-state index contributed by atoms with van der Waals surface area (Å²) in [4.78, 5) is 0. The highest BCUT2D eigenvalue weighted by atomic mass is 16.5. The summed E-state index contributed by atoms with van der Waals surface area (Å²) >= 11 is 0. The first-order valence-electron chi connectivity index (χ1n) is 7.84. The molecule has 0 bridgehead atoms. The molecular weight excluding hydrogens is 224 g/mol. The van der Waals surface area contributed by atoms with E-state index in [0.29, 0.717) is 17.9 Å². The Balaban J connectivity index is 2.01. The first-order valence-corrected chi connectivity index (χ1v) is 7.84. The molecule has 1 saturated carbocycles. The van der Waals surface area contributed by atoms with Crippen LogP contribution in [-0.4, -0.2) is 18.2 Å². The van der Waals surface area contributed by atoms with E-state index < -0.39 is 0 Å². The molecule has 3 heteroatoms. The van der Waals surface area contributed by atoms with Gasteiger partial charge in [-0.15, -0.1) is 0 Å². The second kappa shape index (κ2) is 6.36. The second-order valence-corrected chi connectivity index (χ2v) is 6.26. The summed E-state index contributed by atoms with van der Waals surface area (Å²) in [5.74, 6) is 7.26. The van der Waals surface area contributed by atoms with E-state index in [1.165, 1.54) is 51.4 Å². The molecule has 3 N–H and O–H groups in total. The lowest BCUT2D eigenvalue weighted by atomic mass is 9.75. The number of hydrogen-bond donors (Lipinski definition) is 2. The topological polar surface area (TPSA) is 47.3 Å². The summed E-state index contributed by atoms with van der Waals surface area (Å²) in [6.45, 7) is 5.50. The number of nitrogens with one attached hydrogen (secondary N) is 1. The molecule has 0 amide bonds. The Kier molecular flexibility index (Phi) is 5.05. The van der Waals surface area contributed by atoms with Crippen molar-refractivity contribution in [2.75, 3.05) is 6.61 Å². The first-order chi connectivity index (χ1) is 8.74. The van der Waals surface area contributed by atoms with Crippen molar-refractivity contribution in [1.82, 2.24) is 5.43 Å². The zero-order valence-corrected chi connectivity index (χ0v) is 12.1. The minimum Gasteiger partial charge on any atom is -0.375 e. The number of ether oxygens (including phenoxy) is 1. The molecule has 2 unspecified atom stereocenters. The molecule has 18 heavy (non-hydrogen) atoms. The lowest BCUT2D eigenvalue weighted by molar-refractivity contribution is -0.101. The van der Waals surface area contributed by atoms with Crippen LogP contribution in [0.3, 0.4) is 0 Å². The SMILES string of the molecule is CCC(CC)C(NN)C1CCOC2(CCCC2)C1. The third-order valence-corrected chi connectivity index (χ3v) is 5.30. The Hall–Kier alpha value is -0.120. The molecule has 0 aromatic carbocycles. The third-order valence-electron chi connectivity index (χ3n) is 5.30. The number of hydrogen-bond acceptors (Lipinski definition) is 3. The van der Waals surface area contributed by atoms with Gasteiger partial charge in [0.1, 0.15) is 0 Å². The molecule has 3 nitrogen and oxygen atoms in total. The minimum atomic E-state index is 0.212. The van der Waals surface area contributed by atoms with E-state index in [4.69, 9.17) is 10.6 Å². The van der Waals surface area contributed by atoms with Crippen LogP contribution in [-0.2, 0) is 4.74 Å². The van der Waals surface area contributed by atoms with Gasteiger partial charge in [0, 0.05) is 12.6 Å². The van der Waals surface area contributed by atoms with Crippen LogP contribution in [0.2, 0.25) is 0 Å². The van der Waals surface area contributed by atoms with E-state index in [1.807, 2.05) is 0 Å².